The first-order valence-corrected chi connectivity index (χ1v) is 12.6. The molecule has 1 aromatic rings. The van der Waals surface area contributed by atoms with Crippen molar-refractivity contribution in [1.29, 1.82) is 0 Å². The molecule has 0 aliphatic heterocycles. The molecule has 0 saturated heterocycles. The molecule has 0 saturated carbocycles. The second-order valence-corrected chi connectivity index (χ2v) is 10.4. The van der Waals surface area contributed by atoms with Crippen LogP contribution in [0.25, 0.3) is 0 Å². The molecule has 1 rings (SSSR count). The molecule has 0 N–H and O–H groups in total. The molecule has 0 nitrogen and oxygen atoms in total. The Morgan fingerprint density at radius 3 is 2.05 bits per heavy atom. The van der Waals surface area contributed by atoms with Gasteiger partial charge < -0.3 is 9.07 Å². The van der Waals surface area contributed by atoms with Gasteiger partial charge in [0.15, 0.2) is 0 Å². The average molecular weight is 390 g/mol. The SMILES string of the molecule is CCCCCCCCCCCCc1c[c]([Mg][Cl])sc1Br. The van der Waals surface area contributed by atoms with Crippen molar-refractivity contribution >= 4 is 58.6 Å². The van der Waals surface area contributed by atoms with Gasteiger partial charge in [-0.1, -0.05) is 73.8 Å². The smallest absolute Gasteiger partial charge is 0.334 e. The van der Waals surface area contributed by atoms with E-state index in [1.807, 2.05) is 11.3 Å². The van der Waals surface area contributed by atoms with Crippen molar-refractivity contribution in [2.45, 2.75) is 77.6 Å². The zero-order valence-corrected chi connectivity index (χ0v) is 17.3. The van der Waals surface area contributed by atoms with Crippen LogP contribution in [-0.4, -0.2) is 19.3 Å². The summed E-state index contributed by atoms with van der Waals surface area (Å²) in [7, 11) is 6.00. The number of hydrogen-bond donors (Lipinski definition) is 0. The Bertz CT molecular complexity index is 354. The summed E-state index contributed by atoms with van der Waals surface area (Å²) in [6, 6.07) is 2.32. The molecule has 0 aliphatic rings. The Morgan fingerprint density at radius 1 is 1.00 bits per heavy atom. The van der Waals surface area contributed by atoms with Gasteiger partial charge in [0.2, 0.25) is 0 Å². The maximum Gasteiger partial charge on any atom is 0.551 e. The lowest BCUT2D eigenvalue weighted by Crippen LogP contribution is -2.00. The molecule has 0 unspecified atom stereocenters. The molecule has 4 heteroatoms. The molecule has 1 heterocycles. The lowest BCUT2D eigenvalue weighted by Gasteiger charge is -2.02. The highest BCUT2D eigenvalue weighted by Crippen LogP contribution is 2.24. The van der Waals surface area contributed by atoms with E-state index in [4.69, 9.17) is 9.07 Å². The Balaban J connectivity index is 1.95. The Kier molecular flexibility index (Phi) is 12.3. The van der Waals surface area contributed by atoms with Crippen molar-refractivity contribution in [2.24, 2.45) is 0 Å². The van der Waals surface area contributed by atoms with Gasteiger partial charge in [0.05, 0.1) is 3.79 Å². The summed E-state index contributed by atoms with van der Waals surface area (Å²) >= 11 is 5.01. The summed E-state index contributed by atoms with van der Waals surface area (Å²) < 4.78 is 2.73. The molecule has 0 atom stereocenters. The van der Waals surface area contributed by atoms with E-state index in [2.05, 4.69) is 28.9 Å². The van der Waals surface area contributed by atoms with Crippen LogP contribution in [0.15, 0.2) is 9.85 Å². The van der Waals surface area contributed by atoms with Crippen molar-refractivity contribution in [2.75, 3.05) is 0 Å². The molecule has 20 heavy (non-hydrogen) atoms. The van der Waals surface area contributed by atoms with Crippen LogP contribution in [0.3, 0.4) is 0 Å². The summed E-state index contributed by atoms with van der Waals surface area (Å²) in [5.41, 5.74) is 1.48. The Labute approximate surface area is 150 Å². The van der Waals surface area contributed by atoms with E-state index < -0.39 is 19.3 Å². The zero-order valence-electron chi connectivity index (χ0n) is 12.7. The maximum absolute atomic E-state index is 6.00. The quantitative estimate of drug-likeness (QED) is 0.284. The van der Waals surface area contributed by atoms with Gasteiger partial charge in [-0.05, 0) is 34.3 Å². The minimum Gasteiger partial charge on any atom is -0.334 e. The molecule has 0 fully saturated rings. The summed E-state index contributed by atoms with van der Waals surface area (Å²) in [6.07, 6.45) is 15.3. The maximum atomic E-state index is 6.00. The fraction of sp³-hybridized carbons (Fsp3) is 0.750. The highest BCUT2D eigenvalue weighted by molar-refractivity contribution is 9.11. The van der Waals surface area contributed by atoms with Crippen molar-refractivity contribution < 1.29 is 0 Å². The third-order valence-corrected chi connectivity index (χ3v) is 8.23. The van der Waals surface area contributed by atoms with Gasteiger partial charge in [0, 0.05) is 0 Å². The van der Waals surface area contributed by atoms with Gasteiger partial charge >= 0.3 is 19.3 Å². The Morgan fingerprint density at radius 2 is 1.55 bits per heavy atom. The molecule has 0 amide bonds. The van der Waals surface area contributed by atoms with E-state index in [0.29, 0.717) is 0 Å². The number of thiophene rings is 1. The predicted molar refractivity (Wildman–Crippen MR) is 98.8 cm³/mol. The largest absolute Gasteiger partial charge is 0.551 e. The molecule has 1 aromatic heterocycles. The number of unbranched alkanes of at least 4 members (excludes halogenated alkanes) is 9. The highest BCUT2D eigenvalue weighted by Gasteiger charge is 2.07. The average Bonchev–Trinajstić information content (AvgIpc) is 2.81. The van der Waals surface area contributed by atoms with Crippen molar-refractivity contribution in [3.05, 3.63) is 15.4 Å². The first-order chi connectivity index (χ1) is 9.77. The van der Waals surface area contributed by atoms with E-state index in [-0.39, 0.29) is 0 Å². The molecular formula is C16H26BrClMgS. The van der Waals surface area contributed by atoms with Crippen LogP contribution in [0.2, 0.25) is 0 Å². The second kappa shape index (κ2) is 12.7. The highest BCUT2D eigenvalue weighted by atomic mass is 79.9. The molecular weight excluding hydrogens is 364 g/mol. The zero-order chi connectivity index (χ0) is 14.6. The fourth-order valence-corrected chi connectivity index (χ4v) is 6.49. The lowest BCUT2D eigenvalue weighted by molar-refractivity contribution is 0.556. The topological polar surface area (TPSA) is 0 Å². The van der Waals surface area contributed by atoms with E-state index in [9.17, 15) is 0 Å². The summed E-state index contributed by atoms with van der Waals surface area (Å²) in [4.78, 5) is 0. The number of rotatable bonds is 12. The molecule has 0 aromatic carbocycles. The fourth-order valence-electron chi connectivity index (χ4n) is 2.50. The predicted octanol–water partition coefficient (Wildman–Crippen LogP) is 6.46. The normalized spacial score (nSPS) is 10.8. The van der Waals surface area contributed by atoms with Gasteiger partial charge in [-0.15, -0.1) is 0 Å². The second-order valence-electron chi connectivity index (χ2n) is 5.58. The van der Waals surface area contributed by atoms with Crippen molar-refractivity contribution in [3.63, 3.8) is 0 Å². The van der Waals surface area contributed by atoms with Gasteiger partial charge in [0.1, 0.15) is 0 Å². The molecule has 0 aliphatic carbocycles. The summed E-state index contributed by atoms with van der Waals surface area (Å²) in [5, 5.41) is 0. The molecule has 0 bridgehead atoms. The van der Waals surface area contributed by atoms with E-state index in [1.54, 1.807) is 0 Å². The van der Waals surface area contributed by atoms with Gasteiger partial charge in [-0.3, -0.25) is 0 Å². The summed E-state index contributed by atoms with van der Waals surface area (Å²) in [6.45, 7) is 2.28. The van der Waals surface area contributed by atoms with Crippen LogP contribution in [0.1, 0.15) is 76.7 Å². The molecule has 0 radical (unpaired) electrons. The number of halogens is 2. The van der Waals surface area contributed by atoms with E-state index in [1.165, 1.54) is 83.0 Å². The van der Waals surface area contributed by atoms with Crippen LogP contribution >= 0.6 is 36.3 Å². The van der Waals surface area contributed by atoms with Gasteiger partial charge in [0.25, 0.3) is 0 Å². The molecule has 112 valence electrons. The standard InChI is InChI=1S/C16H26BrS.ClH.Mg/c1-2-3-4-5-6-7-8-9-10-11-12-15-13-14-18-16(15)17;;/h13H,2-12H2,1H3;1H;/q;;+1/p-1. The third kappa shape index (κ3) is 8.62. The first kappa shape index (κ1) is 19.3. The minimum absolute atomic E-state index is 0.498. The summed E-state index contributed by atoms with van der Waals surface area (Å²) in [5.74, 6) is 0. The minimum atomic E-state index is -0.498. The number of hydrogen-bond acceptors (Lipinski definition) is 1. The third-order valence-electron chi connectivity index (χ3n) is 3.74. The number of aryl methyl sites for hydroxylation is 1. The lowest BCUT2D eigenvalue weighted by atomic mass is 10.0. The van der Waals surface area contributed by atoms with Crippen LogP contribution in [0, 0.1) is 0 Å². The van der Waals surface area contributed by atoms with Crippen LogP contribution < -0.4 is 3.01 Å². The van der Waals surface area contributed by atoms with E-state index >= 15 is 0 Å². The van der Waals surface area contributed by atoms with Crippen LogP contribution in [0.4, 0.5) is 0 Å². The van der Waals surface area contributed by atoms with Gasteiger partial charge in [-0.25, -0.2) is 0 Å². The van der Waals surface area contributed by atoms with Crippen LogP contribution in [-0.2, 0) is 6.42 Å². The molecule has 0 spiro atoms. The van der Waals surface area contributed by atoms with Gasteiger partial charge in [-0.2, -0.15) is 11.3 Å². The first-order valence-electron chi connectivity index (χ1n) is 8.11. The van der Waals surface area contributed by atoms with Crippen molar-refractivity contribution in [3.8, 4) is 0 Å². The van der Waals surface area contributed by atoms with Crippen molar-refractivity contribution in [1.82, 2.24) is 0 Å². The Hall–Kier alpha value is 1.24. The van der Waals surface area contributed by atoms with Crippen LogP contribution in [0.5, 0.6) is 0 Å². The monoisotopic (exact) mass is 388 g/mol. The van der Waals surface area contributed by atoms with E-state index in [0.717, 1.165) is 0 Å².